The molecule has 156 valence electrons. The van der Waals surface area contributed by atoms with Gasteiger partial charge in [0.15, 0.2) is 5.43 Å². The molecule has 0 atom stereocenters. The van der Waals surface area contributed by atoms with Gasteiger partial charge >= 0.3 is 0 Å². The summed E-state index contributed by atoms with van der Waals surface area (Å²) in [5.41, 5.74) is 4.83. The van der Waals surface area contributed by atoms with E-state index in [2.05, 4.69) is 55.7 Å². The first kappa shape index (κ1) is 21.8. The van der Waals surface area contributed by atoms with E-state index >= 15 is 0 Å². The number of pyridine rings is 1. The van der Waals surface area contributed by atoms with Crippen molar-refractivity contribution in [3.05, 3.63) is 83.6 Å². The van der Waals surface area contributed by atoms with Crippen molar-refractivity contribution in [1.29, 1.82) is 0 Å². The topological polar surface area (TPSA) is 72.7 Å². The Kier molecular flexibility index (Phi) is 6.56. The Bertz CT molecular complexity index is 1310. The molecule has 8 heteroatoms. The number of benzene rings is 3. The number of rotatable bonds is 5. The number of methoxy groups -OCH3 is 1. The van der Waals surface area contributed by atoms with E-state index < -0.39 is 0 Å². The molecule has 0 unspecified atom stereocenters. The van der Waals surface area contributed by atoms with E-state index in [9.17, 15) is 9.59 Å². The maximum atomic E-state index is 12.8. The molecule has 6 nitrogen and oxygen atoms in total. The van der Waals surface area contributed by atoms with Crippen molar-refractivity contribution in [3.8, 4) is 5.75 Å². The zero-order valence-corrected chi connectivity index (χ0v) is 20.7. The average molecular weight is 637 g/mol. The third-order valence-electron chi connectivity index (χ3n) is 4.81. The molecule has 0 aliphatic heterocycles. The van der Waals surface area contributed by atoms with Crippen LogP contribution >= 0.6 is 45.2 Å². The SMILES string of the molecule is COc1c(I)cc(/C=N\NC(=O)Cn2c3ccccc3c(=O)c3ccccc32)cc1I. The Hall–Kier alpha value is -2.47. The second kappa shape index (κ2) is 9.35. The van der Waals surface area contributed by atoms with Crippen molar-refractivity contribution in [3.63, 3.8) is 0 Å². The number of aromatic nitrogens is 1. The number of fused-ring (bicyclic) bond motifs is 2. The number of amides is 1. The van der Waals surface area contributed by atoms with Gasteiger partial charge in [0.1, 0.15) is 12.3 Å². The van der Waals surface area contributed by atoms with Crippen LogP contribution in [0, 0.1) is 7.14 Å². The summed E-state index contributed by atoms with van der Waals surface area (Å²) in [6.07, 6.45) is 1.60. The van der Waals surface area contributed by atoms with Gasteiger partial charge in [-0.15, -0.1) is 0 Å². The van der Waals surface area contributed by atoms with Crippen LogP contribution in [0.3, 0.4) is 0 Å². The number of para-hydroxylation sites is 2. The van der Waals surface area contributed by atoms with Crippen LogP contribution in [0.25, 0.3) is 21.8 Å². The summed E-state index contributed by atoms with van der Waals surface area (Å²) in [5, 5.41) is 5.27. The molecule has 1 amide bonds. The summed E-state index contributed by atoms with van der Waals surface area (Å²) in [5.74, 6) is 0.535. The highest BCUT2D eigenvalue weighted by atomic mass is 127. The van der Waals surface area contributed by atoms with E-state index in [1.54, 1.807) is 25.5 Å². The van der Waals surface area contributed by atoms with Gasteiger partial charge in [0.2, 0.25) is 0 Å². The van der Waals surface area contributed by atoms with E-state index in [1.807, 2.05) is 53.1 Å². The van der Waals surface area contributed by atoms with Crippen LogP contribution < -0.4 is 15.6 Å². The van der Waals surface area contributed by atoms with Crippen molar-refractivity contribution in [2.75, 3.05) is 7.11 Å². The van der Waals surface area contributed by atoms with Crippen LogP contribution in [0.5, 0.6) is 5.75 Å². The van der Waals surface area contributed by atoms with Gasteiger partial charge in [-0.05, 0) is 87.1 Å². The summed E-state index contributed by atoms with van der Waals surface area (Å²) >= 11 is 4.41. The maximum absolute atomic E-state index is 12.8. The Labute approximate surface area is 205 Å². The maximum Gasteiger partial charge on any atom is 0.260 e. The summed E-state index contributed by atoms with van der Waals surface area (Å²) < 4.78 is 9.14. The van der Waals surface area contributed by atoms with Crippen molar-refractivity contribution in [2.45, 2.75) is 6.54 Å². The van der Waals surface area contributed by atoms with Gasteiger partial charge in [-0.3, -0.25) is 9.59 Å². The first-order valence-electron chi connectivity index (χ1n) is 9.35. The van der Waals surface area contributed by atoms with Crippen LogP contribution in [-0.2, 0) is 11.3 Å². The summed E-state index contributed by atoms with van der Waals surface area (Å²) in [6, 6.07) is 18.5. The smallest absolute Gasteiger partial charge is 0.260 e. The fourth-order valence-corrected chi connectivity index (χ4v) is 5.71. The predicted octanol–water partition coefficient (Wildman–Crippen LogP) is 4.52. The second-order valence-electron chi connectivity index (χ2n) is 6.76. The van der Waals surface area contributed by atoms with Gasteiger partial charge in [-0.25, -0.2) is 5.43 Å². The molecule has 1 heterocycles. The van der Waals surface area contributed by atoms with Gasteiger partial charge in [-0.1, -0.05) is 24.3 Å². The molecule has 1 N–H and O–H groups in total. The van der Waals surface area contributed by atoms with Crippen molar-refractivity contribution >= 4 is 79.1 Å². The molecule has 0 fully saturated rings. The highest BCUT2D eigenvalue weighted by Crippen LogP contribution is 2.28. The predicted molar refractivity (Wildman–Crippen MR) is 140 cm³/mol. The number of hydrogen-bond donors (Lipinski definition) is 1. The minimum absolute atomic E-state index is 0.0374. The number of carbonyl (C=O) groups excluding carboxylic acids is 1. The number of nitrogens with one attached hydrogen (secondary N) is 1. The zero-order chi connectivity index (χ0) is 22.0. The molecule has 0 aliphatic carbocycles. The van der Waals surface area contributed by atoms with Crippen LogP contribution in [-0.4, -0.2) is 23.8 Å². The highest BCUT2D eigenvalue weighted by molar-refractivity contribution is 14.1. The molecule has 1 aromatic heterocycles. The molecule has 0 saturated carbocycles. The fraction of sp³-hybridized carbons (Fsp3) is 0.0870. The monoisotopic (exact) mass is 637 g/mol. The zero-order valence-electron chi connectivity index (χ0n) is 16.4. The number of hydrogen-bond acceptors (Lipinski definition) is 4. The molecule has 0 aliphatic rings. The lowest BCUT2D eigenvalue weighted by Crippen LogP contribution is -2.25. The third kappa shape index (κ3) is 4.45. The van der Waals surface area contributed by atoms with Crippen LogP contribution in [0.2, 0.25) is 0 Å². The van der Waals surface area contributed by atoms with Gasteiger partial charge in [0.25, 0.3) is 5.91 Å². The first-order valence-corrected chi connectivity index (χ1v) is 11.5. The fourth-order valence-electron chi connectivity index (χ4n) is 3.45. The van der Waals surface area contributed by atoms with Crippen LogP contribution in [0.1, 0.15) is 5.56 Å². The third-order valence-corrected chi connectivity index (χ3v) is 6.41. The lowest BCUT2D eigenvalue weighted by Gasteiger charge is -2.14. The lowest BCUT2D eigenvalue weighted by atomic mass is 10.1. The molecule has 0 saturated heterocycles. The van der Waals surface area contributed by atoms with Crippen molar-refractivity contribution in [1.82, 2.24) is 9.99 Å². The first-order chi connectivity index (χ1) is 15.0. The molecule has 3 aromatic carbocycles. The largest absolute Gasteiger partial charge is 0.495 e. The molecule has 4 aromatic rings. The van der Waals surface area contributed by atoms with E-state index in [4.69, 9.17) is 4.74 Å². The van der Waals surface area contributed by atoms with Crippen LogP contribution in [0.15, 0.2) is 70.6 Å². The number of hydrazone groups is 1. The quantitative estimate of drug-likeness (QED) is 0.152. The highest BCUT2D eigenvalue weighted by Gasteiger charge is 2.12. The molecule has 4 rings (SSSR count). The van der Waals surface area contributed by atoms with E-state index in [0.29, 0.717) is 21.8 Å². The Balaban J connectivity index is 1.61. The van der Waals surface area contributed by atoms with Crippen molar-refractivity contribution < 1.29 is 9.53 Å². The molecular weight excluding hydrogens is 620 g/mol. The summed E-state index contributed by atoms with van der Waals surface area (Å²) in [6.45, 7) is 0.0380. The molecule has 0 bridgehead atoms. The van der Waals surface area contributed by atoms with Gasteiger partial charge in [-0.2, -0.15) is 5.10 Å². The number of nitrogens with zero attached hydrogens (tertiary/aromatic N) is 2. The summed E-state index contributed by atoms with van der Waals surface area (Å²) in [7, 11) is 1.64. The number of ether oxygens (including phenoxy) is 1. The van der Waals surface area contributed by atoms with E-state index in [1.165, 1.54) is 0 Å². The van der Waals surface area contributed by atoms with Crippen LogP contribution in [0.4, 0.5) is 0 Å². The molecule has 0 spiro atoms. The van der Waals surface area contributed by atoms with E-state index in [-0.39, 0.29) is 17.9 Å². The van der Waals surface area contributed by atoms with Gasteiger partial charge < -0.3 is 9.30 Å². The summed E-state index contributed by atoms with van der Waals surface area (Å²) in [4.78, 5) is 25.5. The standard InChI is InChI=1S/C23H17I2N3O3/c1-31-23-17(24)10-14(11-18(23)25)12-26-27-21(29)13-28-19-8-4-2-6-15(19)22(30)16-7-3-5-9-20(16)28/h2-12H,13H2,1H3,(H,27,29)/b26-12-. The van der Waals surface area contributed by atoms with Gasteiger partial charge in [0, 0.05) is 10.8 Å². The van der Waals surface area contributed by atoms with E-state index in [0.717, 1.165) is 18.5 Å². The second-order valence-corrected chi connectivity index (χ2v) is 9.08. The minimum Gasteiger partial charge on any atom is -0.495 e. The normalized spacial score (nSPS) is 11.3. The Morgan fingerprint density at radius 2 is 1.58 bits per heavy atom. The molecule has 31 heavy (non-hydrogen) atoms. The Morgan fingerprint density at radius 1 is 1.03 bits per heavy atom. The van der Waals surface area contributed by atoms with Gasteiger partial charge in [0.05, 0.1) is 31.5 Å². The average Bonchev–Trinajstić information content (AvgIpc) is 2.76. The molecular formula is C23H17I2N3O3. The number of halogens is 2. The lowest BCUT2D eigenvalue weighted by molar-refractivity contribution is -0.121. The molecule has 0 radical (unpaired) electrons. The number of carbonyl (C=O) groups is 1. The minimum atomic E-state index is -0.284. The van der Waals surface area contributed by atoms with Crippen molar-refractivity contribution in [2.24, 2.45) is 5.10 Å². The Morgan fingerprint density at radius 3 is 2.13 bits per heavy atom.